The van der Waals surface area contributed by atoms with E-state index >= 15 is 0 Å². The molecule has 2 aromatic carbocycles. The number of carbonyl (C=O) groups is 1. The summed E-state index contributed by atoms with van der Waals surface area (Å²) in [6.07, 6.45) is 5.77. The Kier molecular flexibility index (Phi) is 6.43. The van der Waals surface area contributed by atoms with E-state index < -0.39 is 6.09 Å². The first-order valence-electron chi connectivity index (χ1n) is 13.4. The SMILES string of the molecule is Cc1noc(CCOc2ccc3c(N)c(-c4ccc(NC(=O)OC(C)C5CC5)cc4)n(C4CCC4)c3c2)n1. The monoisotopic (exact) mass is 515 g/mol. The van der Waals surface area contributed by atoms with Crippen LogP contribution in [0.2, 0.25) is 0 Å². The summed E-state index contributed by atoms with van der Waals surface area (Å²) < 4.78 is 19.1. The Morgan fingerprint density at radius 2 is 1.97 bits per heavy atom. The second-order valence-electron chi connectivity index (χ2n) is 10.4. The highest BCUT2D eigenvalue weighted by Gasteiger charge is 2.31. The molecule has 1 amide bonds. The number of fused-ring (bicyclic) bond motifs is 1. The number of amides is 1. The van der Waals surface area contributed by atoms with Crippen LogP contribution < -0.4 is 15.8 Å². The van der Waals surface area contributed by atoms with Gasteiger partial charge in [-0.25, -0.2) is 4.79 Å². The highest BCUT2D eigenvalue weighted by atomic mass is 16.6. The van der Waals surface area contributed by atoms with Gasteiger partial charge in [0.1, 0.15) is 11.9 Å². The minimum absolute atomic E-state index is 0.0517. The molecule has 9 nitrogen and oxygen atoms in total. The predicted octanol–water partition coefficient (Wildman–Crippen LogP) is 6.28. The van der Waals surface area contributed by atoms with Crippen LogP contribution in [-0.2, 0) is 11.2 Å². The molecule has 2 heterocycles. The number of carbonyl (C=O) groups excluding carboxylic acids is 1. The summed E-state index contributed by atoms with van der Waals surface area (Å²) in [7, 11) is 0. The van der Waals surface area contributed by atoms with Crippen LogP contribution in [0.5, 0.6) is 5.75 Å². The number of rotatable bonds is 9. The van der Waals surface area contributed by atoms with Gasteiger partial charge in [0.05, 0.1) is 29.9 Å². The number of nitrogens with one attached hydrogen (secondary N) is 1. The second-order valence-corrected chi connectivity index (χ2v) is 10.4. The molecule has 3 N–H and O–H groups in total. The normalized spacial score (nSPS) is 16.3. The molecule has 198 valence electrons. The first kappa shape index (κ1) is 24.3. The lowest BCUT2D eigenvalue weighted by Gasteiger charge is -2.30. The van der Waals surface area contributed by atoms with E-state index in [2.05, 4.69) is 26.1 Å². The van der Waals surface area contributed by atoms with Gasteiger partial charge in [-0.1, -0.05) is 17.3 Å². The molecule has 2 aliphatic carbocycles. The molecule has 4 aromatic rings. The third-order valence-electron chi connectivity index (χ3n) is 7.59. The van der Waals surface area contributed by atoms with Gasteiger partial charge in [-0.3, -0.25) is 5.32 Å². The molecule has 2 aliphatic rings. The molecule has 0 aliphatic heterocycles. The summed E-state index contributed by atoms with van der Waals surface area (Å²) in [4.78, 5) is 16.5. The Morgan fingerprint density at radius 3 is 2.63 bits per heavy atom. The van der Waals surface area contributed by atoms with E-state index in [4.69, 9.17) is 19.7 Å². The summed E-state index contributed by atoms with van der Waals surface area (Å²) >= 11 is 0. The number of hydrogen-bond acceptors (Lipinski definition) is 7. The minimum atomic E-state index is -0.415. The van der Waals surface area contributed by atoms with Crippen LogP contribution in [0.3, 0.4) is 0 Å². The molecule has 9 heteroatoms. The maximum Gasteiger partial charge on any atom is 0.411 e. The number of anilines is 2. The van der Waals surface area contributed by atoms with E-state index in [0.29, 0.717) is 42.4 Å². The van der Waals surface area contributed by atoms with Gasteiger partial charge in [0.2, 0.25) is 5.89 Å². The fourth-order valence-electron chi connectivity index (χ4n) is 5.11. The summed E-state index contributed by atoms with van der Waals surface area (Å²) in [5, 5.41) is 7.68. The minimum Gasteiger partial charge on any atom is -0.493 e. The Morgan fingerprint density at radius 1 is 1.18 bits per heavy atom. The van der Waals surface area contributed by atoms with Crippen molar-refractivity contribution in [3.63, 3.8) is 0 Å². The van der Waals surface area contributed by atoms with Gasteiger partial charge in [0.15, 0.2) is 5.82 Å². The highest BCUT2D eigenvalue weighted by Crippen LogP contribution is 2.45. The number of aromatic nitrogens is 3. The van der Waals surface area contributed by atoms with Crippen molar-refractivity contribution in [3.05, 3.63) is 54.2 Å². The number of ether oxygens (including phenoxy) is 2. The molecule has 6 rings (SSSR count). The molecule has 0 spiro atoms. The quantitative estimate of drug-likeness (QED) is 0.269. The molecule has 2 aromatic heterocycles. The van der Waals surface area contributed by atoms with Crippen LogP contribution in [0.15, 0.2) is 47.0 Å². The third-order valence-corrected chi connectivity index (χ3v) is 7.59. The van der Waals surface area contributed by atoms with Gasteiger partial charge in [-0.05, 0) is 76.1 Å². The van der Waals surface area contributed by atoms with Crippen LogP contribution >= 0.6 is 0 Å². The topological polar surface area (TPSA) is 117 Å². The lowest BCUT2D eigenvalue weighted by molar-refractivity contribution is 0.108. The average molecular weight is 516 g/mol. The van der Waals surface area contributed by atoms with Gasteiger partial charge in [0.25, 0.3) is 0 Å². The Hall–Kier alpha value is -4.01. The fourth-order valence-corrected chi connectivity index (χ4v) is 5.11. The van der Waals surface area contributed by atoms with E-state index in [-0.39, 0.29) is 6.10 Å². The Bertz CT molecular complexity index is 1450. The molecule has 38 heavy (non-hydrogen) atoms. The molecule has 0 saturated heterocycles. The maximum atomic E-state index is 12.3. The van der Waals surface area contributed by atoms with Crippen molar-refractivity contribution in [3.8, 4) is 17.0 Å². The summed E-state index contributed by atoms with van der Waals surface area (Å²) in [5.41, 5.74) is 11.3. The maximum absolute atomic E-state index is 12.3. The van der Waals surface area contributed by atoms with Crippen molar-refractivity contribution < 1.29 is 18.8 Å². The van der Waals surface area contributed by atoms with Gasteiger partial charge in [-0.15, -0.1) is 0 Å². The van der Waals surface area contributed by atoms with Gasteiger partial charge >= 0.3 is 6.09 Å². The molecule has 0 bridgehead atoms. The van der Waals surface area contributed by atoms with E-state index in [1.165, 1.54) is 6.42 Å². The number of nitrogen functional groups attached to an aromatic ring is 1. The van der Waals surface area contributed by atoms with Crippen molar-refractivity contribution >= 4 is 28.4 Å². The van der Waals surface area contributed by atoms with Crippen LogP contribution in [0.1, 0.15) is 56.8 Å². The summed E-state index contributed by atoms with van der Waals surface area (Å²) in [6, 6.07) is 14.2. The predicted molar refractivity (Wildman–Crippen MR) is 145 cm³/mol. The number of nitrogens with two attached hydrogens (primary N) is 1. The van der Waals surface area contributed by atoms with Crippen molar-refractivity contribution in [2.75, 3.05) is 17.7 Å². The number of benzene rings is 2. The van der Waals surface area contributed by atoms with E-state index in [9.17, 15) is 4.79 Å². The van der Waals surface area contributed by atoms with Crippen molar-refractivity contribution in [1.82, 2.24) is 14.7 Å². The zero-order valence-electron chi connectivity index (χ0n) is 21.8. The standard InChI is InChI=1S/C29H33N5O4/c1-17(19-6-7-19)37-29(35)32-21-10-8-20(9-11-21)28-27(30)24-13-12-23(16-25(24)34(28)22-4-3-5-22)36-15-14-26-31-18(2)33-38-26/h8-13,16-17,19,22H,3-7,14-15,30H2,1-2H3,(H,32,35). The Labute approximate surface area is 221 Å². The lowest BCUT2D eigenvalue weighted by atomic mass is 9.92. The molecule has 1 unspecified atom stereocenters. The smallest absolute Gasteiger partial charge is 0.411 e. The molecule has 0 radical (unpaired) electrons. The molecule has 1 atom stereocenters. The van der Waals surface area contributed by atoms with Gasteiger partial charge in [0, 0.05) is 28.7 Å². The largest absolute Gasteiger partial charge is 0.493 e. The number of nitrogens with zero attached hydrogens (tertiary/aromatic N) is 3. The lowest BCUT2D eigenvalue weighted by Crippen LogP contribution is -2.21. The van der Waals surface area contributed by atoms with E-state index in [1.54, 1.807) is 6.92 Å². The zero-order chi connectivity index (χ0) is 26.2. The average Bonchev–Trinajstić information content (AvgIpc) is 3.59. The summed E-state index contributed by atoms with van der Waals surface area (Å²) in [6.45, 7) is 4.19. The molecular weight excluding hydrogens is 482 g/mol. The molecular formula is C29H33N5O4. The van der Waals surface area contributed by atoms with Crippen LogP contribution in [0.25, 0.3) is 22.2 Å². The van der Waals surface area contributed by atoms with E-state index in [1.807, 2.05) is 43.3 Å². The van der Waals surface area contributed by atoms with Crippen molar-refractivity contribution in [2.45, 2.75) is 64.5 Å². The zero-order valence-corrected chi connectivity index (χ0v) is 21.8. The summed E-state index contributed by atoms with van der Waals surface area (Å²) in [5.74, 6) is 2.46. The van der Waals surface area contributed by atoms with Crippen molar-refractivity contribution in [1.29, 1.82) is 0 Å². The van der Waals surface area contributed by atoms with E-state index in [0.717, 1.165) is 59.3 Å². The Balaban J connectivity index is 1.23. The number of hydrogen-bond donors (Lipinski definition) is 2. The first-order valence-corrected chi connectivity index (χ1v) is 13.4. The second kappa shape index (κ2) is 10.0. The molecule has 2 fully saturated rings. The molecule has 2 saturated carbocycles. The van der Waals surface area contributed by atoms with Gasteiger partial charge in [-0.2, -0.15) is 4.98 Å². The third kappa shape index (κ3) is 4.92. The van der Waals surface area contributed by atoms with Gasteiger partial charge < -0.3 is 24.3 Å². The van der Waals surface area contributed by atoms with Crippen LogP contribution in [-0.4, -0.2) is 33.5 Å². The van der Waals surface area contributed by atoms with Crippen LogP contribution in [0.4, 0.5) is 16.2 Å². The fraction of sp³-hybridized carbons (Fsp3) is 0.414. The van der Waals surface area contributed by atoms with Crippen LogP contribution in [0, 0.1) is 12.8 Å². The highest BCUT2D eigenvalue weighted by molar-refractivity contribution is 6.01. The first-order chi connectivity index (χ1) is 18.5. The number of aryl methyl sites for hydroxylation is 1. The van der Waals surface area contributed by atoms with Crippen molar-refractivity contribution in [2.24, 2.45) is 5.92 Å².